The van der Waals surface area contributed by atoms with Crippen LogP contribution in [0.1, 0.15) is 11.1 Å². The van der Waals surface area contributed by atoms with Gasteiger partial charge in [0.25, 0.3) is 5.69 Å². The Morgan fingerprint density at radius 1 is 1.29 bits per heavy atom. The van der Waals surface area contributed by atoms with Crippen LogP contribution in [0.4, 0.5) is 5.69 Å². The normalized spacial score (nSPS) is 10.7. The second-order valence-electron chi connectivity index (χ2n) is 4.76. The Labute approximate surface area is 137 Å². The molecule has 0 aliphatic heterocycles. The highest BCUT2D eigenvalue weighted by Gasteiger charge is 2.07. The zero-order chi connectivity index (χ0) is 17.5. The second-order valence-corrected chi connectivity index (χ2v) is 4.76. The lowest BCUT2D eigenvalue weighted by molar-refractivity contribution is -0.384. The number of nitrogens with zero attached hydrogens (tertiary/aromatic N) is 2. The molecule has 0 fully saturated rings. The van der Waals surface area contributed by atoms with Crippen molar-refractivity contribution in [3.05, 3.63) is 75.3 Å². The van der Waals surface area contributed by atoms with Gasteiger partial charge in [-0.3, -0.25) is 10.1 Å². The Hall–Kier alpha value is -3.66. The van der Waals surface area contributed by atoms with E-state index >= 15 is 0 Å². The zero-order valence-corrected chi connectivity index (χ0v) is 12.4. The highest BCUT2D eigenvalue weighted by atomic mass is 16.6. The Morgan fingerprint density at radius 3 is 2.58 bits per heavy atom. The van der Waals surface area contributed by atoms with Gasteiger partial charge in [-0.2, -0.15) is 5.26 Å². The summed E-state index contributed by atoms with van der Waals surface area (Å²) >= 11 is 0. The molecule has 0 radical (unpaired) electrons. The number of carboxylic acids is 1. The molecule has 24 heavy (non-hydrogen) atoms. The van der Waals surface area contributed by atoms with Crippen LogP contribution in [0.5, 0.6) is 5.75 Å². The van der Waals surface area contributed by atoms with E-state index in [-0.39, 0.29) is 17.9 Å². The maximum Gasteiger partial charge on any atom is 0.346 e. The largest absolute Gasteiger partial charge is 0.489 e. The molecule has 0 saturated carbocycles. The summed E-state index contributed by atoms with van der Waals surface area (Å²) in [5.41, 5.74) is 0.908. The smallest absolute Gasteiger partial charge is 0.346 e. The molecule has 0 bridgehead atoms. The van der Waals surface area contributed by atoms with Gasteiger partial charge in [-0.1, -0.05) is 12.1 Å². The number of nitriles is 1. The molecule has 0 atom stereocenters. The van der Waals surface area contributed by atoms with E-state index in [0.717, 1.165) is 5.56 Å². The van der Waals surface area contributed by atoms with Crippen LogP contribution < -0.4 is 4.74 Å². The Kier molecular flexibility index (Phi) is 5.26. The SMILES string of the molecule is N#CC(=Cc1cccc(OCc2ccc([N+](=O)[O-])cc2)c1)C(=O)O. The molecule has 0 amide bonds. The number of rotatable bonds is 6. The molecule has 0 unspecified atom stereocenters. The van der Waals surface area contributed by atoms with Crippen LogP contribution in [0.15, 0.2) is 54.1 Å². The van der Waals surface area contributed by atoms with Gasteiger partial charge in [0.05, 0.1) is 4.92 Å². The molecular formula is C17H12N2O5. The van der Waals surface area contributed by atoms with Gasteiger partial charge >= 0.3 is 5.97 Å². The average molecular weight is 324 g/mol. The molecule has 0 aromatic heterocycles. The second kappa shape index (κ2) is 7.56. The third kappa shape index (κ3) is 4.42. The number of ether oxygens (including phenoxy) is 1. The Morgan fingerprint density at radius 2 is 2.00 bits per heavy atom. The summed E-state index contributed by atoms with van der Waals surface area (Å²) in [6.45, 7) is 0.204. The number of carbonyl (C=O) groups is 1. The summed E-state index contributed by atoms with van der Waals surface area (Å²) in [6.07, 6.45) is 1.25. The van der Waals surface area contributed by atoms with Crippen molar-refractivity contribution < 1.29 is 19.6 Å². The van der Waals surface area contributed by atoms with Gasteiger partial charge in [0.1, 0.15) is 24.0 Å². The van der Waals surface area contributed by atoms with Crippen LogP contribution in [-0.2, 0) is 11.4 Å². The number of hydrogen-bond donors (Lipinski definition) is 1. The number of carboxylic acid groups (broad SMARTS) is 1. The van der Waals surface area contributed by atoms with Crippen LogP contribution in [0.2, 0.25) is 0 Å². The van der Waals surface area contributed by atoms with Crippen molar-refractivity contribution >= 4 is 17.7 Å². The van der Waals surface area contributed by atoms with Crippen molar-refractivity contribution in [2.24, 2.45) is 0 Å². The third-order valence-corrected chi connectivity index (χ3v) is 3.07. The van der Waals surface area contributed by atoms with Crippen molar-refractivity contribution in [3.63, 3.8) is 0 Å². The summed E-state index contributed by atoms with van der Waals surface area (Å²) in [4.78, 5) is 21.0. The minimum absolute atomic E-state index is 0.00332. The molecule has 0 spiro atoms. The van der Waals surface area contributed by atoms with Gasteiger partial charge in [-0.25, -0.2) is 4.79 Å². The van der Waals surface area contributed by atoms with Crippen LogP contribution in [-0.4, -0.2) is 16.0 Å². The van der Waals surface area contributed by atoms with Crippen molar-refractivity contribution in [1.29, 1.82) is 5.26 Å². The van der Waals surface area contributed by atoms with Crippen molar-refractivity contribution in [1.82, 2.24) is 0 Å². The zero-order valence-electron chi connectivity index (χ0n) is 12.4. The fourth-order valence-corrected chi connectivity index (χ4v) is 1.88. The van der Waals surface area contributed by atoms with E-state index in [1.54, 1.807) is 42.5 Å². The molecule has 2 aromatic rings. The van der Waals surface area contributed by atoms with Gasteiger partial charge in [0.2, 0.25) is 0 Å². The van der Waals surface area contributed by atoms with Gasteiger partial charge in [0.15, 0.2) is 0 Å². The number of hydrogen-bond acceptors (Lipinski definition) is 5. The lowest BCUT2D eigenvalue weighted by Crippen LogP contribution is -1.98. The third-order valence-electron chi connectivity index (χ3n) is 3.07. The molecule has 1 N–H and O–H groups in total. The monoisotopic (exact) mass is 324 g/mol. The van der Waals surface area contributed by atoms with Gasteiger partial charge in [-0.15, -0.1) is 0 Å². The Bertz CT molecular complexity index is 835. The van der Waals surface area contributed by atoms with E-state index in [1.807, 2.05) is 0 Å². The molecule has 7 nitrogen and oxygen atoms in total. The van der Waals surface area contributed by atoms with Crippen LogP contribution in [0, 0.1) is 21.4 Å². The maximum absolute atomic E-state index is 10.8. The topological polar surface area (TPSA) is 113 Å². The molecule has 0 aliphatic carbocycles. The summed E-state index contributed by atoms with van der Waals surface area (Å²) in [5, 5.41) is 28.2. The Balaban J connectivity index is 2.08. The number of benzene rings is 2. The molecule has 0 aliphatic rings. The maximum atomic E-state index is 10.8. The molecule has 7 heteroatoms. The summed E-state index contributed by atoms with van der Waals surface area (Å²) in [7, 11) is 0. The predicted molar refractivity (Wildman–Crippen MR) is 85.1 cm³/mol. The molecule has 2 rings (SSSR count). The van der Waals surface area contributed by atoms with Gasteiger partial charge in [-0.05, 0) is 41.5 Å². The summed E-state index contributed by atoms with van der Waals surface area (Å²) in [6, 6.07) is 14.2. The fourth-order valence-electron chi connectivity index (χ4n) is 1.88. The van der Waals surface area contributed by atoms with Crippen molar-refractivity contribution in [3.8, 4) is 11.8 Å². The molecule has 2 aromatic carbocycles. The standard InChI is InChI=1S/C17H12N2O5/c18-10-14(17(20)21)8-13-2-1-3-16(9-13)24-11-12-4-6-15(7-5-12)19(22)23/h1-9H,11H2,(H,20,21). The van der Waals surface area contributed by atoms with Crippen LogP contribution in [0.3, 0.4) is 0 Å². The first-order chi connectivity index (χ1) is 11.5. The van der Waals surface area contributed by atoms with Crippen molar-refractivity contribution in [2.45, 2.75) is 6.61 Å². The first kappa shape index (κ1) is 16.7. The first-order valence-corrected chi connectivity index (χ1v) is 6.81. The number of nitro groups is 1. The lowest BCUT2D eigenvalue weighted by Gasteiger charge is -2.07. The van der Waals surface area contributed by atoms with Gasteiger partial charge < -0.3 is 9.84 Å². The number of nitro benzene ring substituents is 1. The number of non-ortho nitro benzene ring substituents is 1. The first-order valence-electron chi connectivity index (χ1n) is 6.81. The van der Waals surface area contributed by atoms with Crippen LogP contribution in [0.25, 0.3) is 6.08 Å². The van der Waals surface area contributed by atoms with Crippen LogP contribution >= 0.6 is 0 Å². The minimum Gasteiger partial charge on any atom is -0.489 e. The summed E-state index contributed by atoms with van der Waals surface area (Å²) < 4.78 is 5.58. The average Bonchev–Trinajstić information content (AvgIpc) is 2.58. The predicted octanol–water partition coefficient (Wildman–Crippen LogP) is 3.17. The highest BCUT2D eigenvalue weighted by molar-refractivity contribution is 5.96. The van der Waals surface area contributed by atoms with E-state index in [1.165, 1.54) is 18.2 Å². The fraction of sp³-hybridized carbons (Fsp3) is 0.0588. The molecular weight excluding hydrogens is 312 g/mol. The number of aliphatic carboxylic acids is 1. The quantitative estimate of drug-likeness (QED) is 0.378. The molecule has 120 valence electrons. The van der Waals surface area contributed by atoms with E-state index < -0.39 is 10.9 Å². The van der Waals surface area contributed by atoms with E-state index in [0.29, 0.717) is 11.3 Å². The highest BCUT2D eigenvalue weighted by Crippen LogP contribution is 2.18. The van der Waals surface area contributed by atoms with Gasteiger partial charge in [0, 0.05) is 12.1 Å². The van der Waals surface area contributed by atoms with E-state index in [9.17, 15) is 14.9 Å². The van der Waals surface area contributed by atoms with E-state index in [2.05, 4.69) is 0 Å². The van der Waals surface area contributed by atoms with Crippen molar-refractivity contribution in [2.75, 3.05) is 0 Å². The van der Waals surface area contributed by atoms with E-state index in [4.69, 9.17) is 15.1 Å². The summed E-state index contributed by atoms with van der Waals surface area (Å²) in [5.74, 6) is -0.806. The lowest BCUT2D eigenvalue weighted by atomic mass is 10.1. The molecule has 0 heterocycles. The minimum atomic E-state index is -1.30. The molecule has 0 saturated heterocycles.